The molecule has 1 aromatic heterocycles. The van der Waals surface area contributed by atoms with Gasteiger partial charge in [-0.2, -0.15) is 0 Å². The van der Waals surface area contributed by atoms with E-state index in [0.29, 0.717) is 11.7 Å². The maximum absolute atomic E-state index is 12.0. The number of nitrogens with one attached hydrogen (secondary N) is 1. The molecule has 18 heavy (non-hydrogen) atoms. The third-order valence-corrected chi connectivity index (χ3v) is 2.59. The van der Waals surface area contributed by atoms with E-state index in [1.165, 1.54) is 12.4 Å². The first-order chi connectivity index (χ1) is 8.40. The van der Waals surface area contributed by atoms with E-state index in [2.05, 4.69) is 29.1 Å². The lowest BCUT2D eigenvalue weighted by Crippen LogP contribution is -2.45. The maximum atomic E-state index is 12.0. The third kappa shape index (κ3) is 4.29. The molecular formula is C12H21N5O. The zero-order valence-corrected chi connectivity index (χ0v) is 11.3. The number of aromatic nitrogens is 2. The first kappa shape index (κ1) is 14.4. The van der Waals surface area contributed by atoms with Gasteiger partial charge < -0.3 is 16.0 Å². The number of nitrogens with zero attached hydrogens (tertiary/aromatic N) is 3. The predicted molar refractivity (Wildman–Crippen MR) is 71.1 cm³/mol. The molecule has 0 spiro atoms. The molecule has 0 saturated carbocycles. The molecular weight excluding hydrogens is 230 g/mol. The Morgan fingerprint density at radius 2 is 2.06 bits per heavy atom. The van der Waals surface area contributed by atoms with Gasteiger partial charge in [-0.05, 0) is 20.0 Å². The number of nitrogen functional groups attached to an aromatic ring is 1. The van der Waals surface area contributed by atoms with Crippen LogP contribution in [-0.4, -0.2) is 47.5 Å². The topological polar surface area (TPSA) is 84.1 Å². The van der Waals surface area contributed by atoms with Crippen LogP contribution >= 0.6 is 0 Å². The molecule has 0 aliphatic carbocycles. The molecule has 1 atom stereocenters. The van der Waals surface area contributed by atoms with Crippen LogP contribution in [0.4, 0.5) is 5.82 Å². The average molecular weight is 251 g/mol. The van der Waals surface area contributed by atoms with Gasteiger partial charge in [0, 0.05) is 12.6 Å². The lowest BCUT2D eigenvalue weighted by Gasteiger charge is -2.25. The van der Waals surface area contributed by atoms with E-state index < -0.39 is 0 Å². The Hall–Kier alpha value is -1.69. The second kappa shape index (κ2) is 6.30. The Morgan fingerprint density at radius 1 is 1.39 bits per heavy atom. The SMILES string of the molecule is CC(C)C(CN(C)C)NC(=O)c1cnc(N)cn1. The van der Waals surface area contributed by atoms with Gasteiger partial charge in [0.25, 0.3) is 5.91 Å². The Kier molecular flexibility index (Phi) is 5.03. The highest BCUT2D eigenvalue weighted by atomic mass is 16.2. The number of likely N-dealkylation sites (N-methyl/N-ethyl adjacent to an activating group) is 1. The van der Waals surface area contributed by atoms with Gasteiger partial charge >= 0.3 is 0 Å². The molecule has 1 unspecified atom stereocenters. The van der Waals surface area contributed by atoms with Crippen LogP contribution in [0.2, 0.25) is 0 Å². The van der Waals surface area contributed by atoms with Crippen LogP contribution in [0.3, 0.4) is 0 Å². The molecule has 6 nitrogen and oxygen atoms in total. The number of amides is 1. The minimum Gasteiger partial charge on any atom is -0.382 e. The van der Waals surface area contributed by atoms with Crippen molar-refractivity contribution in [2.24, 2.45) is 5.92 Å². The van der Waals surface area contributed by atoms with Crippen molar-refractivity contribution in [1.29, 1.82) is 0 Å². The van der Waals surface area contributed by atoms with Crippen LogP contribution in [0.25, 0.3) is 0 Å². The zero-order chi connectivity index (χ0) is 13.7. The lowest BCUT2D eigenvalue weighted by atomic mass is 10.0. The Bertz CT molecular complexity index is 388. The van der Waals surface area contributed by atoms with Crippen LogP contribution in [-0.2, 0) is 0 Å². The normalized spacial score (nSPS) is 12.8. The monoisotopic (exact) mass is 251 g/mol. The predicted octanol–water partition coefficient (Wildman–Crippen LogP) is 0.375. The summed E-state index contributed by atoms with van der Waals surface area (Å²) in [4.78, 5) is 21.8. The van der Waals surface area contributed by atoms with Crippen molar-refractivity contribution in [1.82, 2.24) is 20.2 Å². The molecule has 100 valence electrons. The van der Waals surface area contributed by atoms with Crippen LogP contribution in [0.1, 0.15) is 24.3 Å². The smallest absolute Gasteiger partial charge is 0.271 e. The summed E-state index contributed by atoms with van der Waals surface area (Å²) in [6.45, 7) is 4.93. The summed E-state index contributed by atoms with van der Waals surface area (Å²) in [5.41, 5.74) is 5.72. The van der Waals surface area contributed by atoms with Gasteiger partial charge in [-0.25, -0.2) is 9.97 Å². The highest BCUT2D eigenvalue weighted by molar-refractivity contribution is 5.92. The van der Waals surface area contributed by atoms with E-state index in [-0.39, 0.29) is 17.6 Å². The number of nitrogens with two attached hydrogens (primary N) is 1. The summed E-state index contributed by atoms with van der Waals surface area (Å²) in [6, 6.07) is 0.0758. The second-order valence-electron chi connectivity index (χ2n) is 4.91. The Balaban J connectivity index is 2.69. The molecule has 0 aromatic carbocycles. The molecule has 0 aliphatic heterocycles. The van der Waals surface area contributed by atoms with Crippen LogP contribution in [0.5, 0.6) is 0 Å². The standard InChI is InChI=1S/C12H21N5O/c1-8(2)10(7-17(3)4)16-12(18)9-5-15-11(13)6-14-9/h5-6,8,10H,7H2,1-4H3,(H2,13,15)(H,16,18). The van der Waals surface area contributed by atoms with Gasteiger partial charge in [0.1, 0.15) is 11.5 Å². The molecule has 0 bridgehead atoms. The van der Waals surface area contributed by atoms with Crippen molar-refractivity contribution in [2.75, 3.05) is 26.4 Å². The van der Waals surface area contributed by atoms with Gasteiger partial charge in [-0.3, -0.25) is 4.79 Å². The molecule has 0 fully saturated rings. The zero-order valence-electron chi connectivity index (χ0n) is 11.3. The van der Waals surface area contributed by atoms with E-state index >= 15 is 0 Å². The number of carbonyl (C=O) groups is 1. The van der Waals surface area contributed by atoms with Gasteiger partial charge in [0.05, 0.1) is 12.4 Å². The van der Waals surface area contributed by atoms with Crippen LogP contribution in [0.15, 0.2) is 12.4 Å². The highest BCUT2D eigenvalue weighted by Gasteiger charge is 2.18. The van der Waals surface area contributed by atoms with E-state index in [1.807, 2.05) is 19.0 Å². The molecule has 0 radical (unpaired) electrons. The molecule has 3 N–H and O–H groups in total. The fourth-order valence-corrected chi connectivity index (χ4v) is 1.51. The van der Waals surface area contributed by atoms with Crippen molar-refractivity contribution >= 4 is 11.7 Å². The lowest BCUT2D eigenvalue weighted by molar-refractivity contribution is 0.0911. The van der Waals surface area contributed by atoms with Crippen LogP contribution < -0.4 is 11.1 Å². The molecule has 1 amide bonds. The first-order valence-electron chi connectivity index (χ1n) is 5.93. The maximum Gasteiger partial charge on any atom is 0.271 e. The fraction of sp³-hybridized carbons (Fsp3) is 0.583. The van der Waals surface area contributed by atoms with Crippen molar-refractivity contribution in [3.05, 3.63) is 18.1 Å². The van der Waals surface area contributed by atoms with Gasteiger partial charge in [0.15, 0.2) is 0 Å². The summed E-state index contributed by atoms with van der Waals surface area (Å²) in [7, 11) is 3.95. The van der Waals surface area contributed by atoms with E-state index in [1.54, 1.807) is 0 Å². The molecule has 1 heterocycles. The summed E-state index contributed by atoms with van der Waals surface area (Å²) in [6.07, 6.45) is 2.77. The summed E-state index contributed by atoms with van der Waals surface area (Å²) < 4.78 is 0. The minimum atomic E-state index is -0.219. The highest BCUT2D eigenvalue weighted by Crippen LogP contribution is 2.04. The summed E-state index contributed by atoms with van der Waals surface area (Å²) >= 11 is 0. The van der Waals surface area contributed by atoms with Gasteiger partial charge in [-0.15, -0.1) is 0 Å². The molecule has 6 heteroatoms. The van der Waals surface area contributed by atoms with Crippen LogP contribution in [0, 0.1) is 5.92 Å². The first-order valence-corrected chi connectivity index (χ1v) is 5.93. The Morgan fingerprint density at radius 3 is 2.50 bits per heavy atom. The minimum absolute atomic E-state index is 0.0758. The summed E-state index contributed by atoms with van der Waals surface area (Å²) in [5, 5.41) is 2.96. The number of hydrogen-bond acceptors (Lipinski definition) is 5. The van der Waals surface area contributed by atoms with E-state index in [0.717, 1.165) is 6.54 Å². The summed E-state index contributed by atoms with van der Waals surface area (Å²) in [5.74, 6) is 0.432. The van der Waals surface area contributed by atoms with Crippen molar-refractivity contribution in [3.63, 3.8) is 0 Å². The van der Waals surface area contributed by atoms with Gasteiger partial charge in [0.2, 0.25) is 0 Å². The van der Waals surface area contributed by atoms with Gasteiger partial charge in [-0.1, -0.05) is 13.8 Å². The fourth-order valence-electron chi connectivity index (χ4n) is 1.51. The molecule has 1 rings (SSSR count). The van der Waals surface area contributed by atoms with E-state index in [4.69, 9.17) is 5.73 Å². The molecule has 0 aliphatic rings. The second-order valence-corrected chi connectivity index (χ2v) is 4.91. The van der Waals surface area contributed by atoms with Crippen molar-refractivity contribution < 1.29 is 4.79 Å². The number of rotatable bonds is 5. The average Bonchev–Trinajstić information content (AvgIpc) is 2.28. The quantitative estimate of drug-likeness (QED) is 0.790. The van der Waals surface area contributed by atoms with Crippen molar-refractivity contribution in [3.8, 4) is 0 Å². The third-order valence-electron chi connectivity index (χ3n) is 2.59. The molecule has 1 aromatic rings. The Labute approximate surface area is 108 Å². The van der Waals surface area contributed by atoms with E-state index in [9.17, 15) is 4.79 Å². The number of carbonyl (C=O) groups excluding carboxylic acids is 1. The molecule has 0 saturated heterocycles. The number of anilines is 1. The van der Waals surface area contributed by atoms with Crippen molar-refractivity contribution in [2.45, 2.75) is 19.9 Å². The number of hydrogen-bond donors (Lipinski definition) is 2. The largest absolute Gasteiger partial charge is 0.382 e.